The summed E-state index contributed by atoms with van der Waals surface area (Å²) < 4.78 is 26.5. The molecule has 0 aromatic heterocycles. The van der Waals surface area contributed by atoms with Crippen LogP contribution in [0.1, 0.15) is 5.56 Å². The van der Waals surface area contributed by atoms with Crippen LogP contribution in [0.5, 0.6) is 5.75 Å². The highest BCUT2D eigenvalue weighted by atomic mass is 127. The molecule has 0 saturated carbocycles. The second-order valence-corrected chi connectivity index (χ2v) is 6.46. The average Bonchev–Trinajstić information content (AvgIpc) is 2.65. The summed E-state index contributed by atoms with van der Waals surface area (Å²) in [6, 6.07) is 10.9. The van der Waals surface area contributed by atoms with Crippen molar-refractivity contribution in [2.45, 2.75) is 6.42 Å². The molecule has 0 aliphatic carbocycles. The van der Waals surface area contributed by atoms with Gasteiger partial charge in [0.2, 0.25) is 0 Å². The normalized spacial score (nSPS) is 14.6. The topological polar surface area (TPSA) is 51.1 Å². The lowest BCUT2D eigenvalue weighted by Crippen LogP contribution is -2.52. The lowest BCUT2D eigenvalue weighted by molar-refractivity contribution is 0.370. The highest BCUT2D eigenvalue weighted by molar-refractivity contribution is 14.0. The van der Waals surface area contributed by atoms with Crippen LogP contribution < -0.4 is 10.2 Å². The third-order valence-corrected chi connectivity index (χ3v) is 4.63. The second-order valence-electron chi connectivity index (χ2n) is 6.46. The first-order chi connectivity index (χ1) is 13.1. The van der Waals surface area contributed by atoms with E-state index in [1.165, 1.54) is 12.1 Å². The highest BCUT2D eigenvalue weighted by Gasteiger charge is 2.21. The Kier molecular flexibility index (Phi) is 8.28. The second kappa shape index (κ2) is 10.4. The maximum absolute atomic E-state index is 13.3. The molecule has 0 bridgehead atoms. The summed E-state index contributed by atoms with van der Waals surface area (Å²) in [4.78, 5) is 8.60. The van der Waals surface area contributed by atoms with Gasteiger partial charge in [0, 0.05) is 45.8 Å². The molecule has 152 valence electrons. The third-order valence-electron chi connectivity index (χ3n) is 4.63. The summed E-state index contributed by atoms with van der Waals surface area (Å²) in [6.45, 7) is 3.61. The number of hydrogen-bond acceptors (Lipinski definition) is 3. The molecule has 1 fully saturated rings. The number of benzene rings is 2. The Balaban J connectivity index is 0.00000280. The number of nitrogens with zero attached hydrogens (tertiary/aromatic N) is 3. The number of aromatic hydroxyl groups is 1. The van der Waals surface area contributed by atoms with Crippen molar-refractivity contribution in [3.63, 3.8) is 0 Å². The molecule has 1 heterocycles. The molecule has 5 nitrogen and oxygen atoms in total. The number of aliphatic imine (C=N–C) groups is 1. The van der Waals surface area contributed by atoms with E-state index < -0.39 is 11.6 Å². The number of anilines is 1. The van der Waals surface area contributed by atoms with Crippen molar-refractivity contribution in [2.75, 3.05) is 44.7 Å². The van der Waals surface area contributed by atoms with Crippen molar-refractivity contribution >= 4 is 35.6 Å². The Morgan fingerprint density at radius 3 is 2.32 bits per heavy atom. The first-order valence-electron chi connectivity index (χ1n) is 9.00. The number of halogens is 3. The Hall–Kier alpha value is -2.10. The number of rotatable bonds is 4. The summed E-state index contributed by atoms with van der Waals surface area (Å²) >= 11 is 0. The van der Waals surface area contributed by atoms with Gasteiger partial charge in [0.15, 0.2) is 5.96 Å². The van der Waals surface area contributed by atoms with E-state index in [9.17, 15) is 13.9 Å². The largest absolute Gasteiger partial charge is 0.506 e. The third kappa shape index (κ3) is 5.70. The standard InChI is InChI=1S/C20H24F2N4O.HI/c1-23-20(24-7-6-15-12-16(21)14-17(22)13-15)26-10-8-25(9-11-26)18-4-2-3-5-19(18)27;/h2-5,12-14,27H,6-11H2,1H3,(H,23,24);1H. The van der Waals surface area contributed by atoms with Crippen molar-refractivity contribution in [2.24, 2.45) is 4.99 Å². The molecule has 0 radical (unpaired) electrons. The van der Waals surface area contributed by atoms with Gasteiger partial charge in [0.05, 0.1) is 5.69 Å². The molecule has 0 spiro atoms. The van der Waals surface area contributed by atoms with E-state index in [4.69, 9.17) is 0 Å². The summed E-state index contributed by atoms with van der Waals surface area (Å²) in [5, 5.41) is 13.3. The van der Waals surface area contributed by atoms with E-state index in [0.717, 1.165) is 43.9 Å². The molecule has 1 saturated heterocycles. The molecule has 0 amide bonds. The van der Waals surface area contributed by atoms with Crippen LogP contribution in [0.2, 0.25) is 0 Å². The van der Waals surface area contributed by atoms with Crippen LogP contribution >= 0.6 is 24.0 Å². The highest BCUT2D eigenvalue weighted by Crippen LogP contribution is 2.27. The van der Waals surface area contributed by atoms with E-state index in [2.05, 4.69) is 20.1 Å². The summed E-state index contributed by atoms with van der Waals surface area (Å²) in [5.74, 6) is -0.0658. The van der Waals surface area contributed by atoms with Gasteiger partial charge in [0.25, 0.3) is 0 Å². The van der Waals surface area contributed by atoms with E-state index in [-0.39, 0.29) is 29.7 Å². The molecule has 2 aromatic carbocycles. The average molecular weight is 502 g/mol. The number of phenolic OH excluding ortho intramolecular Hbond substituents is 1. The summed E-state index contributed by atoms with van der Waals surface area (Å²) in [7, 11) is 1.72. The number of guanidine groups is 1. The first kappa shape index (κ1) is 22.2. The van der Waals surface area contributed by atoms with E-state index in [1.54, 1.807) is 13.1 Å². The van der Waals surface area contributed by atoms with Gasteiger partial charge in [-0.05, 0) is 36.2 Å². The van der Waals surface area contributed by atoms with E-state index in [0.29, 0.717) is 18.5 Å². The van der Waals surface area contributed by atoms with Crippen LogP contribution in [0, 0.1) is 11.6 Å². The Morgan fingerprint density at radius 1 is 1.07 bits per heavy atom. The summed E-state index contributed by atoms with van der Waals surface area (Å²) in [6.07, 6.45) is 0.506. The molecule has 0 unspecified atom stereocenters. The molecule has 0 atom stereocenters. The SMILES string of the molecule is CN=C(NCCc1cc(F)cc(F)c1)N1CCN(c2ccccc2O)CC1.I. The lowest BCUT2D eigenvalue weighted by atomic mass is 10.1. The van der Waals surface area contributed by atoms with Gasteiger partial charge in [-0.1, -0.05) is 12.1 Å². The number of para-hydroxylation sites is 2. The van der Waals surface area contributed by atoms with Gasteiger partial charge in [-0.2, -0.15) is 0 Å². The van der Waals surface area contributed by atoms with Gasteiger partial charge in [-0.25, -0.2) is 8.78 Å². The van der Waals surface area contributed by atoms with Crippen LogP contribution in [0.25, 0.3) is 0 Å². The van der Waals surface area contributed by atoms with Crippen LogP contribution in [-0.4, -0.2) is 55.7 Å². The monoisotopic (exact) mass is 502 g/mol. The van der Waals surface area contributed by atoms with Crippen molar-refractivity contribution in [3.05, 3.63) is 59.7 Å². The maximum atomic E-state index is 13.3. The minimum absolute atomic E-state index is 0. The molecule has 1 aliphatic heterocycles. The fraction of sp³-hybridized carbons (Fsp3) is 0.350. The molecule has 2 aromatic rings. The minimum atomic E-state index is -0.560. The minimum Gasteiger partial charge on any atom is -0.506 e. The molecular weight excluding hydrogens is 477 g/mol. The van der Waals surface area contributed by atoms with Gasteiger partial charge in [0.1, 0.15) is 17.4 Å². The number of piperazine rings is 1. The van der Waals surface area contributed by atoms with E-state index >= 15 is 0 Å². The fourth-order valence-corrected chi connectivity index (χ4v) is 3.30. The quantitative estimate of drug-likeness (QED) is 0.383. The molecule has 1 aliphatic rings. The zero-order chi connectivity index (χ0) is 19.2. The zero-order valence-corrected chi connectivity index (χ0v) is 18.1. The molecule has 8 heteroatoms. The molecule has 28 heavy (non-hydrogen) atoms. The summed E-state index contributed by atoms with van der Waals surface area (Å²) in [5.41, 5.74) is 1.45. The van der Waals surface area contributed by atoms with Crippen molar-refractivity contribution in [3.8, 4) is 5.75 Å². The Morgan fingerprint density at radius 2 is 1.71 bits per heavy atom. The number of phenols is 1. The van der Waals surface area contributed by atoms with Crippen molar-refractivity contribution in [1.82, 2.24) is 10.2 Å². The van der Waals surface area contributed by atoms with Crippen molar-refractivity contribution < 1.29 is 13.9 Å². The zero-order valence-electron chi connectivity index (χ0n) is 15.7. The van der Waals surface area contributed by atoms with Gasteiger partial charge >= 0.3 is 0 Å². The molecule has 3 rings (SSSR count). The number of nitrogens with one attached hydrogen (secondary N) is 1. The van der Waals surface area contributed by atoms with Crippen molar-refractivity contribution in [1.29, 1.82) is 0 Å². The molecular formula is C20H25F2IN4O. The Labute approximate surface area is 181 Å². The van der Waals surface area contributed by atoms with Crippen LogP contribution in [-0.2, 0) is 6.42 Å². The molecule has 2 N–H and O–H groups in total. The number of hydrogen-bond donors (Lipinski definition) is 2. The van der Waals surface area contributed by atoms with Gasteiger partial charge in [-0.15, -0.1) is 24.0 Å². The van der Waals surface area contributed by atoms with Gasteiger partial charge in [-0.3, -0.25) is 4.99 Å². The van der Waals surface area contributed by atoms with Gasteiger partial charge < -0.3 is 20.2 Å². The predicted octanol–water partition coefficient (Wildman–Crippen LogP) is 3.23. The fourth-order valence-electron chi connectivity index (χ4n) is 3.30. The van der Waals surface area contributed by atoms with E-state index in [1.807, 2.05) is 18.2 Å². The maximum Gasteiger partial charge on any atom is 0.193 e. The lowest BCUT2D eigenvalue weighted by Gasteiger charge is -2.37. The predicted molar refractivity (Wildman–Crippen MR) is 119 cm³/mol. The van der Waals surface area contributed by atoms with Crippen LogP contribution in [0.4, 0.5) is 14.5 Å². The smallest absolute Gasteiger partial charge is 0.193 e. The van der Waals surface area contributed by atoms with Crippen LogP contribution in [0.15, 0.2) is 47.5 Å². The first-order valence-corrected chi connectivity index (χ1v) is 9.00. The van der Waals surface area contributed by atoms with Crippen LogP contribution in [0.3, 0.4) is 0 Å². The Bertz CT molecular complexity index is 790.